The summed E-state index contributed by atoms with van der Waals surface area (Å²) in [6.07, 6.45) is 2.92. The van der Waals surface area contributed by atoms with E-state index in [9.17, 15) is 0 Å². The monoisotopic (exact) mass is 179 g/mol. The van der Waals surface area contributed by atoms with Gasteiger partial charge in [-0.05, 0) is 22.9 Å². The van der Waals surface area contributed by atoms with Crippen LogP contribution in [0.1, 0.15) is 5.56 Å². The van der Waals surface area contributed by atoms with E-state index in [1.165, 1.54) is 16.3 Å². The van der Waals surface area contributed by atoms with Crippen LogP contribution >= 0.6 is 0 Å². The Balaban J connectivity index is 2.47. The molecule has 1 heterocycles. The Bertz CT molecular complexity index is 560. The summed E-state index contributed by atoms with van der Waals surface area (Å²) in [7, 11) is 0. The number of nitrogens with zero attached hydrogens (tertiary/aromatic N) is 1. The molecule has 0 bridgehead atoms. The van der Waals surface area contributed by atoms with Crippen LogP contribution < -0.4 is 0 Å². The summed E-state index contributed by atoms with van der Waals surface area (Å²) >= 11 is 0. The van der Waals surface area contributed by atoms with E-state index in [2.05, 4.69) is 47.3 Å². The van der Waals surface area contributed by atoms with Crippen molar-refractivity contribution in [1.82, 2.24) is 0 Å². The summed E-state index contributed by atoms with van der Waals surface area (Å²) in [6, 6.07) is 12.6. The van der Waals surface area contributed by atoms with E-state index in [4.69, 9.17) is 0 Å². The van der Waals surface area contributed by atoms with E-state index < -0.39 is 0 Å². The van der Waals surface area contributed by atoms with Gasteiger partial charge in [0, 0.05) is 11.8 Å². The predicted octanol–water partition coefficient (Wildman–Crippen LogP) is 3.25. The molecular formula is C13H9N. The van der Waals surface area contributed by atoms with Crippen LogP contribution in [0.3, 0.4) is 0 Å². The molecule has 0 aliphatic carbocycles. The molecule has 2 aromatic rings. The number of benzene rings is 2. The van der Waals surface area contributed by atoms with Gasteiger partial charge in [-0.2, -0.15) is 0 Å². The van der Waals surface area contributed by atoms with Crippen molar-refractivity contribution in [3.8, 4) is 0 Å². The molecule has 2 aromatic carbocycles. The first kappa shape index (κ1) is 7.54. The lowest BCUT2D eigenvalue weighted by molar-refractivity contribution is 1.26. The zero-order chi connectivity index (χ0) is 9.38. The van der Waals surface area contributed by atoms with Gasteiger partial charge >= 0.3 is 0 Å². The van der Waals surface area contributed by atoms with Gasteiger partial charge in [-0.1, -0.05) is 36.4 Å². The largest absolute Gasteiger partial charge is 0.206 e. The Morgan fingerprint density at radius 3 is 3.00 bits per heavy atom. The van der Waals surface area contributed by atoms with Crippen LogP contribution in [0.25, 0.3) is 10.8 Å². The fraction of sp³-hybridized carbons (Fsp3) is 0.0769. The second kappa shape index (κ2) is 2.83. The molecule has 0 radical (unpaired) electrons. The third kappa shape index (κ3) is 1.00. The summed E-state index contributed by atoms with van der Waals surface area (Å²) in [6.45, 7) is 0. The zero-order valence-electron chi connectivity index (χ0n) is 7.70. The number of allylic oxidation sites excluding steroid dienone is 1. The Morgan fingerprint density at radius 2 is 2.00 bits per heavy atom. The molecule has 3 rings (SSSR count). The summed E-state index contributed by atoms with van der Waals surface area (Å²) in [4.78, 5) is 4.32. The Labute approximate surface area is 82.4 Å². The molecule has 1 aliphatic rings. The van der Waals surface area contributed by atoms with Crippen LogP contribution in [-0.2, 0) is 6.42 Å². The minimum absolute atomic E-state index is 0.948. The van der Waals surface area contributed by atoms with E-state index in [-0.39, 0.29) is 0 Å². The van der Waals surface area contributed by atoms with Gasteiger partial charge in [-0.3, -0.25) is 0 Å². The molecule has 1 heteroatoms. The van der Waals surface area contributed by atoms with Gasteiger partial charge in [0.25, 0.3) is 0 Å². The molecular weight excluding hydrogens is 170 g/mol. The number of aliphatic imine (C=N–C) groups is 1. The third-order valence-corrected chi connectivity index (χ3v) is 2.57. The molecule has 1 aliphatic heterocycles. The van der Waals surface area contributed by atoms with E-state index in [0.29, 0.717) is 0 Å². The number of fused-ring (bicyclic) bond motifs is 3. The Hall–Kier alpha value is -1.85. The number of hydrogen-bond donors (Lipinski definition) is 0. The molecule has 0 saturated heterocycles. The standard InChI is InChI=1S/C13H9N/c1-2-6-12-10(4-1)7-8-11-5-3-9-14-13(11)12/h1-4,6-8H,5H2. The molecule has 0 spiro atoms. The SMILES string of the molecule is C1=CCc2ccc3ccccc3c2N=1. The van der Waals surface area contributed by atoms with E-state index in [0.717, 1.165) is 12.1 Å². The van der Waals surface area contributed by atoms with Gasteiger partial charge in [-0.25, -0.2) is 4.99 Å². The first-order valence-corrected chi connectivity index (χ1v) is 4.74. The summed E-state index contributed by atoms with van der Waals surface area (Å²) in [5, 5.41) is 2.48. The number of hydrogen-bond acceptors (Lipinski definition) is 1. The summed E-state index contributed by atoms with van der Waals surface area (Å²) < 4.78 is 0. The van der Waals surface area contributed by atoms with Crippen molar-refractivity contribution in [3.05, 3.63) is 48.0 Å². The highest BCUT2D eigenvalue weighted by molar-refractivity contribution is 5.95. The van der Waals surface area contributed by atoms with Crippen molar-refractivity contribution >= 4 is 22.3 Å². The normalized spacial score (nSPS) is 13.1. The van der Waals surface area contributed by atoms with Crippen LogP contribution in [0.4, 0.5) is 5.69 Å². The molecule has 1 nitrogen and oxygen atoms in total. The fourth-order valence-corrected chi connectivity index (χ4v) is 1.86. The van der Waals surface area contributed by atoms with Crippen molar-refractivity contribution in [2.45, 2.75) is 6.42 Å². The van der Waals surface area contributed by atoms with Gasteiger partial charge in [-0.15, -0.1) is 0 Å². The average Bonchev–Trinajstić information content (AvgIpc) is 2.29. The van der Waals surface area contributed by atoms with Crippen molar-refractivity contribution < 1.29 is 0 Å². The average molecular weight is 179 g/mol. The first-order chi connectivity index (χ1) is 6.95. The lowest BCUT2D eigenvalue weighted by Gasteiger charge is -2.08. The Morgan fingerprint density at radius 1 is 1.07 bits per heavy atom. The van der Waals surface area contributed by atoms with Gasteiger partial charge in [0.2, 0.25) is 0 Å². The minimum Gasteiger partial charge on any atom is -0.206 e. The summed E-state index contributed by atoms with van der Waals surface area (Å²) in [5.74, 6) is 2.93. The molecule has 0 amide bonds. The second-order valence-electron chi connectivity index (χ2n) is 3.44. The third-order valence-electron chi connectivity index (χ3n) is 2.57. The lowest BCUT2D eigenvalue weighted by Crippen LogP contribution is -1.88. The fourth-order valence-electron chi connectivity index (χ4n) is 1.86. The van der Waals surface area contributed by atoms with Crippen LogP contribution in [0, 0.1) is 0 Å². The van der Waals surface area contributed by atoms with Crippen molar-refractivity contribution in [2.75, 3.05) is 0 Å². The van der Waals surface area contributed by atoms with Crippen LogP contribution in [0.15, 0.2) is 47.5 Å². The molecule has 0 fully saturated rings. The van der Waals surface area contributed by atoms with Crippen LogP contribution in [-0.4, -0.2) is 5.87 Å². The smallest absolute Gasteiger partial charge is 0.0843 e. The minimum atomic E-state index is 0.948. The maximum absolute atomic E-state index is 4.32. The van der Waals surface area contributed by atoms with Gasteiger partial charge in [0.15, 0.2) is 0 Å². The van der Waals surface area contributed by atoms with Crippen molar-refractivity contribution in [1.29, 1.82) is 0 Å². The zero-order valence-corrected chi connectivity index (χ0v) is 7.70. The second-order valence-corrected chi connectivity index (χ2v) is 3.44. The van der Waals surface area contributed by atoms with Gasteiger partial charge in [0.05, 0.1) is 5.69 Å². The lowest BCUT2D eigenvalue weighted by atomic mass is 10.0. The Kier molecular flexibility index (Phi) is 1.52. The van der Waals surface area contributed by atoms with Crippen LogP contribution in [0.2, 0.25) is 0 Å². The molecule has 0 saturated carbocycles. The number of rotatable bonds is 0. The van der Waals surface area contributed by atoms with Gasteiger partial charge < -0.3 is 0 Å². The van der Waals surface area contributed by atoms with E-state index in [1.807, 2.05) is 6.08 Å². The first-order valence-electron chi connectivity index (χ1n) is 4.74. The highest BCUT2D eigenvalue weighted by Gasteiger charge is 2.06. The summed E-state index contributed by atoms with van der Waals surface area (Å²) in [5.41, 5.74) is 2.38. The molecule has 66 valence electrons. The molecule has 0 N–H and O–H groups in total. The topological polar surface area (TPSA) is 12.4 Å². The maximum atomic E-state index is 4.32. The van der Waals surface area contributed by atoms with Gasteiger partial charge in [0.1, 0.15) is 0 Å². The maximum Gasteiger partial charge on any atom is 0.0843 e. The van der Waals surface area contributed by atoms with Crippen LogP contribution in [0.5, 0.6) is 0 Å². The van der Waals surface area contributed by atoms with Crippen molar-refractivity contribution in [2.24, 2.45) is 4.99 Å². The molecule has 0 unspecified atom stereocenters. The van der Waals surface area contributed by atoms with E-state index >= 15 is 0 Å². The van der Waals surface area contributed by atoms with Crippen molar-refractivity contribution in [3.63, 3.8) is 0 Å². The molecule has 14 heavy (non-hydrogen) atoms. The predicted molar refractivity (Wildman–Crippen MR) is 59.3 cm³/mol. The quantitative estimate of drug-likeness (QED) is 0.588. The molecule has 0 atom stereocenters. The highest BCUT2D eigenvalue weighted by atomic mass is 14.7. The molecule has 0 aromatic heterocycles. The van der Waals surface area contributed by atoms with E-state index in [1.54, 1.807) is 0 Å². The highest BCUT2D eigenvalue weighted by Crippen LogP contribution is 2.31.